The van der Waals surface area contributed by atoms with Gasteiger partial charge in [-0.05, 0) is 0 Å². The van der Waals surface area contributed by atoms with Crippen molar-refractivity contribution in [2.24, 2.45) is 0 Å². The molecule has 0 heterocycles. The Kier molecular flexibility index (Phi) is 3.34. The third kappa shape index (κ3) is 2.98. The van der Waals surface area contributed by atoms with Crippen molar-refractivity contribution in [3.8, 4) is 0 Å². The number of nitrogens with one attached hydrogen (secondary N) is 1. The Morgan fingerprint density at radius 3 is 2.10 bits per heavy atom. The summed E-state index contributed by atoms with van der Waals surface area (Å²) < 4.78 is 11.4. The maximum Gasteiger partial charge on any atom is 0.323 e. The largest absolute Gasteiger partial charge is 0.481 e. The van der Waals surface area contributed by atoms with Crippen LogP contribution in [0, 0.1) is 0 Å². The van der Waals surface area contributed by atoms with Crippen molar-refractivity contribution in [1.82, 2.24) is 5.54 Å². The first-order valence-electron chi connectivity index (χ1n) is 2.38. The van der Waals surface area contributed by atoms with Crippen LogP contribution in [0.25, 0.3) is 0 Å². The first kappa shape index (κ1) is 8.83. The molecule has 0 radical (unpaired) electrons. The van der Waals surface area contributed by atoms with Crippen molar-refractivity contribution < 1.29 is 24.3 Å². The standard InChI is InChI=1S/C4H6FNO4/c5-6-2(4(9)10)1-3(7)8/h2,6H,1H2,(H,7,8)(H,9,10)/t2-/m1/s1. The molecular weight excluding hydrogens is 145 g/mol. The number of aliphatic carboxylic acids is 2. The van der Waals surface area contributed by atoms with Gasteiger partial charge in [0.2, 0.25) is 0 Å². The quantitative estimate of drug-likeness (QED) is 0.466. The van der Waals surface area contributed by atoms with E-state index in [1.165, 1.54) is 0 Å². The summed E-state index contributed by atoms with van der Waals surface area (Å²) in [5.74, 6) is -2.89. The number of hydrogen-bond donors (Lipinski definition) is 3. The Labute approximate surface area is 55.4 Å². The smallest absolute Gasteiger partial charge is 0.323 e. The molecule has 0 aromatic carbocycles. The highest BCUT2D eigenvalue weighted by atomic mass is 19.2. The molecule has 0 aromatic heterocycles. The molecule has 0 unspecified atom stereocenters. The SMILES string of the molecule is O=C(O)C[C@@H](NF)C(=O)O. The van der Waals surface area contributed by atoms with E-state index in [1.807, 2.05) is 0 Å². The molecule has 0 saturated heterocycles. The summed E-state index contributed by atoms with van der Waals surface area (Å²) in [6.45, 7) is 0. The van der Waals surface area contributed by atoms with Crippen LogP contribution in [0.4, 0.5) is 4.48 Å². The van der Waals surface area contributed by atoms with E-state index in [-0.39, 0.29) is 0 Å². The molecule has 0 saturated carbocycles. The maximum atomic E-state index is 11.4. The molecular formula is C4H6FNO4. The van der Waals surface area contributed by atoms with E-state index in [0.717, 1.165) is 5.54 Å². The number of halogens is 1. The van der Waals surface area contributed by atoms with E-state index >= 15 is 0 Å². The summed E-state index contributed by atoms with van der Waals surface area (Å²) in [4.78, 5) is 19.7. The van der Waals surface area contributed by atoms with Gasteiger partial charge >= 0.3 is 11.9 Å². The minimum absolute atomic E-state index is 0.772. The highest BCUT2D eigenvalue weighted by Crippen LogP contribution is 1.91. The highest BCUT2D eigenvalue weighted by Gasteiger charge is 2.19. The van der Waals surface area contributed by atoms with Crippen molar-refractivity contribution in [3.63, 3.8) is 0 Å². The van der Waals surface area contributed by atoms with Crippen LogP contribution in [-0.2, 0) is 9.59 Å². The highest BCUT2D eigenvalue weighted by molar-refractivity contribution is 5.80. The second-order valence-corrected chi connectivity index (χ2v) is 1.60. The van der Waals surface area contributed by atoms with E-state index in [2.05, 4.69) is 0 Å². The van der Waals surface area contributed by atoms with Crippen LogP contribution in [0.2, 0.25) is 0 Å². The summed E-state index contributed by atoms with van der Waals surface area (Å²) in [5, 5.41) is 16.1. The van der Waals surface area contributed by atoms with Gasteiger partial charge < -0.3 is 10.2 Å². The molecule has 0 aromatic rings. The lowest BCUT2D eigenvalue weighted by Gasteiger charge is -2.02. The fourth-order valence-electron chi connectivity index (χ4n) is 0.347. The number of hydrogen-bond acceptors (Lipinski definition) is 3. The van der Waals surface area contributed by atoms with Crippen LogP contribution in [-0.4, -0.2) is 28.2 Å². The molecule has 1 atom stereocenters. The second-order valence-electron chi connectivity index (χ2n) is 1.60. The van der Waals surface area contributed by atoms with Gasteiger partial charge in [-0.1, -0.05) is 0 Å². The van der Waals surface area contributed by atoms with Crippen LogP contribution >= 0.6 is 0 Å². The number of carboxylic acids is 2. The van der Waals surface area contributed by atoms with Crippen molar-refractivity contribution in [3.05, 3.63) is 0 Å². The van der Waals surface area contributed by atoms with Crippen molar-refractivity contribution in [1.29, 1.82) is 0 Å². The van der Waals surface area contributed by atoms with E-state index < -0.39 is 24.4 Å². The summed E-state index contributed by atoms with van der Waals surface area (Å²) in [6.07, 6.45) is -0.772. The van der Waals surface area contributed by atoms with Gasteiger partial charge in [0, 0.05) is 0 Å². The number of carbonyl (C=O) groups is 2. The van der Waals surface area contributed by atoms with Crippen LogP contribution in [0.3, 0.4) is 0 Å². The lowest BCUT2D eigenvalue weighted by atomic mass is 10.2. The first-order valence-corrected chi connectivity index (χ1v) is 2.38. The van der Waals surface area contributed by atoms with Gasteiger partial charge in [-0.2, -0.15) is 0 Å². The molecule has 10 heavy (non-hydrogen) atoms. The topological polar surface area (TPSA) is 86.6 Å². The molecule has 6 heteroatoms. The van der Waals surface area contributed by atoms with Crippen molar-refractivity contribution >= 4 is 11.9 Å². The third-order valence-electron chi connectivity index (χ3n) is 0.809. The number of rotatable bonds is 4. The molecule has 0 bridgehead atoms. The normalized spacial score (nSPS) is 12.5. The molecule has 0 amide bonds. The zero-order chi connectivity index (χ0) is 8.15. The van der Waals surface area contributed by atoms with Gasteiger partial charge in [0.1, 0.15) is 6.04 Å². The monoisotopic (exact) mass is 151 g/mol. The Balaban J connectivity index is 3.83. The molecule has 0 fully saturated rings. The van der Waals surface area contributed by atoms with Gasteiger partial charge in [-0.3, -0.25) is 9.59 Å². The van der Waals surface area contributed by atoms with Gasteiger partial charge in [0.15, 0.2) is 0 Å². The number of carboxylic acid groups (broad SMARTS) is 2. The first-order chi connectivity index (χ1) is 4.57. The molecule has 0 aliphatic heterocycles. The molecule has 0 aliphatic carbocycles. The lowest BCUT2D eigenvalue weighted by Crippen LogP contribution is -2.33. The zero-order valence-electron chi connectivity index (χ0n) is 4.87. The van der Waals surface area contributed by atoms with E-state index in [4.69, 9.17) is 10.2 Å². The summed E-state index contributed by atoms with van der Waals surface area (Å²) in [7, 11) is 0. The van der Waals surface area contributed by atoms with Gasteiger partial charge in [-0.25, -0.2) is 0 Å². The molecule has 0 aliphatic rings. The Morgan fingerprint density at radius 2 is 2.00 bits per heavy atom. The molecule has 0 spiro atoms. The lowest BCUT2D eigenvalue weighted by molar-refractivity contribution is -0.147. The van der Waals surface area contributed by atoms with Crippen LogP contribution in [0.1, 0.15) is 6.42 Å². The van der Waals surface area contributed by atoms with Crippen LogP contribution < -0.4 is 5.54 Å². The van der Waals surface area contributed by atoms with E-state index in [9.17, 15) is 14.1 Å². The Bertz CT molecular complexity index is 148. The Morgan fingerprint density at radius 1 is 1.50 bits per heavy atom. The summed E-state index contributed by atoms with van der Waals surface area (Å²) >= 11 is 0. The van der Waals surface area contributed by atoms with Gasteiger partial charge in [0.25, 0.3) is 0 Å². The molecule has 58 valence electrons. The molecule has 0 rings (SSSR count). The minimum Gasteiger partial charge on any atom is -0.481 e. The average Bonchev–Trinajstić information content (AvgIpc) is 1.81. The summed E-state index contributed by atoms with van der Waals surface area (Å²) in [6, 6.07) is -1.66. The van der Waals surface area contributed by atoms with Gasteiger partial charge in [-0.15, -0.1) is 10.0 Å². The fourth-order valence-corrected chi connectivity index (χ4v) is 0.347. The fraction of sp³-hybridized carbons (Fsp3) is 0.500. The van der Waals surface area contributed by atoms with Crippen LogP contribution in [0.15, 0.2) is 0 Å². The molecule has 3 N–H and O–H groups in total. The van der Waals surface area contributed by atoms with Crippen LogP contribution in [0.5, 0.6) is 0 Å². The minimum atomic E-state index is -1.66. The Hall–Kier alpha value is -1.17. The van der Waals surface area contributed by atoms with E-state index in [1.54, 1.807) is 0 Å². The zero-order valence-corrected chi connectivity index (χ0v) is 4.87. The average molecular weight is 151 g/mol. The van der Waals surface area contributed by atoms with Crippen molar-refractivity contribution in [2.75, 3.05) is 0 Å². The summed E-state index contributed by atoms with van der Waals surface area (Å²) in [5.41, 5.74) is 0.852. The molecule has 5 nitrogen and oxygen atoms in total. The third-order valence-corrected chi connectivity index (χ3v) is 0.809. The van der Waals surface area contributed by atoms with Crippen molar-refractivity contribution in [2.45, 2.75) is 12.5 Å². The van der Waals surface area contributed by atoms with Gasteiger partial charge in [0.05, 0.1) is 6.42 Å². The second kappa shape index (κ2) is 3.78. The van der Waals surface area contributed by atoms with E-state index in [0.29, 0.717) is 0 Å². The maximum absolute atomic E-state index is 11.4. The predicted molar refractivity (Wildman–Crippen MR) is 27.9 cm³/mol. The predicted octanol–water partition coefficient (Wildman–Crippen LogP) is -0.612.